The van der Waals surface area contributed by atoms with Crippen molar-refractivity contribution in [2.75, 3.05) is 72.5 Å². The summed E-state index contributed by atoms with van der Waals surface area (Å²) in [6, 6.07) is -0.902. The maximum absolute atomic E-state index is 12.2. The number of amides is 2. The van der Waals surface area contributed by atoms with Crippen molar-refractivity contribution in [2.24, 2.45) is 0 Å². The highest BCUT2D eigenvalue weighted by atomic mass is 16.5. The van der Waals surface area contributed by atoms with Gasteiger partial charge in [-0.15, -0.1) is 0 Å². The minimum Gasteiger partial charge on any atom is -0.481 e. The quantitative estimate of drug-likeness (QED) is 0.0629. The molecule has 0 unspecified atom stereocenters. The van der Waals surface area contributed by atoms with Gasteiger partial charge in [0.15, 0.2) is 0 Å². The van der Waals surface area contributed by atoms with Gasteiger partial charge in [0.2, 0.25) is 18.1 Å². The van der Waals surface area contributed by atoms with E-state index < -0.39 is 18.0 Å². The summed E-state index contributed by atoms with van der Waals surface area (Å²) in [7, 11) is 0. The third kappa shape index (κ3) is 32.6. The lowest BCUT2D eigenvalue weighted by molar-refractivity contribution is -0.142. The summed E-state index contributed by atoms with van der Waals surface area (Å²) in [6.07, 6.45) is 13.2. The number of carbonyl (C=O) groups is 4. The van der Waals surface area contributed by atoms with Crippen molar-refractivity contribution < 1.29 is 53.1 Å². The zero-order valence-electron chi connectivity index (χ0n) is 26.8. The fraction of sp³-hybridized carbons (Fsp3) is 0.839. The molecule has 14 nitrogen and oxygen atoms in total. The van der Waals surface area contributed by atoms with Crippen molar-refractivity contribution in [1.82, 2.24) is 16.0 Å². The van der Waals surface area contributed by atoms with Crippen LogP contribution in [-0.4, -0.2) is 119 Å². The van der Waals surface area contributed by atoms with E-state index in [1.54, 1.807) is 6.29 Å². The van der Waals surface area contributed by atoms with Gasteiger partial charge in [-0.2, -0.15) is 0 Å². The van der Waals surface area contributed by atoms with Crippen LogP contribution < -0.4 is 16.0 Å². The zero-order valence-corrected chi connectivity index (χ0v) is 26.8. The first-order valence-corrected chi connectivity index (χ1v) is 16.2. The second kappa shape index (κ2) is 32.7. The number of hydrogen-bond donors (Lipinski definition) is 5. The molecule has 2 amide bonds. The van der Waals surface area contributed by atoms with Gasteiger partial charge in [-0.05, 0) is 32.2 Å². The Morgan fingerprint density at radius 1 is 0.600 bits per heavy atom. The van der Waals surface area contributed by atoms with E-state index in [4.69, 9.17) is 24.1 Å². The molecule has 1 atom stereocenters. The van der Waals surface area contributed by atoms with Crippen LogP contribution in [-0.2, 0) is 42.9 Å². The van der Waals surface area contributed by atoms with Crippen LogP contribution in [0.15, 0.2) is 0 Å². The fourth-order valence-corrected chi connectivity index (χ4v) is 4.23. The zero-order chi connectivity index (χ0) is 33.2. The number of hydrogen-bond acceptors (Lipinski definition) is 10. The third-order valence-electron chi connectivity index (χ3n) is 6.65. The van der Waals surface area contributed by atoms with Crippen LogP contribution in [0.1, 0.15) is 89.9 Å². The van der Waals surface area contributed by atoms with Crippen LogP contribution in [0, 0.1) is 0 Å². The van der Waals surface area contributed by atoms with Crippen molar-refractivity contribution in [3.05, 3.63) is 0 Å². The van der Waals surface area contributed by atoms with E-state index in [1.165, 1.54) is 0 Å². The molecule has 0 bridgehead atoms. The molecular weight excluding hydrogens is 590 g/mol. The summed E-state index contributed by atoms with van der Waals surface area (Å²) in [5.41, 5.74) is 0. The van der Waals surface area contributed by atoms with E-state index in [2.05, 4.69) is 16.0 Å². The van der Waals surface area contributed by atoms with E-state index in [1.807, 2.05) is 0 Å². The first kappa shape index (κ1) is 42.3. The van der Waals surface area contributed by atoms with Crippen molar-refractivity contribution in [3.8, 4) is 0 Å². The monoisotopic (exact) mass is 646 g/mol. The molecule has 0 aliphatic rings. The molecule has 0 aliphatic carbocycles. The van der Waals surface area contributed by atoms with Gasteiger partial charge >= 0.3 is 11.9 Å². The lowest BCUT2D eigenvalue weighted by Gasteiger charge is -2.15. The Labute approximate surface area is 267 Å². The molecule has 5 N–H and O–H groups in total. The second-order valence-electron chi connectivity index (χ2n) is 10.6. The Hall–Kier alpha value is -2.65. The molecule has 261 valence electrons. The molecular formula is C31H56N3O11. The van der Waals surface area contributed by atoms with Crippen molar-refractivity contribution in [1.29, 1.82) is 0 Å². The van der Waals surface area contributed by atoms with E-state index in [0.717, 1.165) is 64.2 Å². The van der Waals surface area contributed by atoms with E-state index >= 15 is 0 Å². The van der Waals surface area contributed by atoms with Crippen LogP contribution in [0.3, 0.4) is 0 Å². The molecule has 0 saturated carbocycles. The maximum atomic E-state index is 12.2. The van der Waals surface area contributed by atoms with Crippen molar-refractivity contribution in [2.45, 2.75) is 95.9 Å². The number of carbonyl (C=O) groups excluding carboxylic acids is 3. The Balaban J connectivity index is 3.57. The normalized spacial score (nSPS) is 11.6. The Morgan fingerprint density at radius 3 is 1.76 bits per heavy atom. The lowest BCUT2D eigenvalue weighted by Crippen LogP contribution is -2.41. The van der Waals surface area contributed by atoms with Gasteiger partial charge < -0.3 is 45.1 Å². The summed E-state index contributed by atoms with van der Waals surface area (Å²) < 4.78 is 20.8. The molecule has 0 heterocycles. The summed E-state index contributed by atoms with van der Waals surface area (Å²) >= 11 is 0. The topological polar surface area (TPSA) is 199 Å². The second-order valence-corrected chi connectivity index (χ2v) is 10.6. The maximum Gasteiger partial charge on any atom is 0.326 e. The van der Waals surface area contributed by atoms with Gasteiger partial charge in [0.05, 0.1) is 39.6 Å². The minimum absolute atomic E-state index is 0.0813. The van der Waals surface area contributed by atoms with Crippen LogP contribution >= 0.6 is 0 Å². The Kier molecular flexibility index (Phi) is 30.8. The highest BCUT2D eigenvalue weighted by Gasteiger charge is 2.19. The minimum atomic E-state index is -1.03. The summed E-state index contributed by atoms with van der Waals surface area (Å²) in [5.74, 6) is -2.25. The molecule has 0 fully saturated rings. The molecule has 45 heavy (non-hydrogen) atoms. The van der Waals surface area contributed by atoms with Crippen LogP contribution in [0.25, 0.3) is 0 Å². The number of ether oxygens (including phenoxy) is 4. The van der Waals surface area contributed by atoms with E-state index in [0.29, 0.717) is 65.3 Å². The van der Waals surface area contributed by atoms with E-state index in [-0.39, 0.29) is 44.7 Å². The molecule has 0 aromatic rings. The van der Waals surface area contributed by atoms with Crippen molar-refractivity contribution >= 4 is 30.0 Å². The van der Waals surface area contributed by atoms with Gasteiger partial charge in [-0.25, -0.2) is 4.79 Å². The SMILES string of the molecule is O=[C]COCCOCCNC(=O)COCCOCCNCCC[C@H](NC(=O)CCCCCCCCCCCCC(=O)O)C(=O)O. The van der Waals surface area contributed by atoms with Gasteiger partial charge in [-0.1, -0.05) is 51.4 Å². The van der Waals surface area contributed by atoms with Gasteiger partial charge in [0.25, 0.3) is 0 Å². The number of nitrogens with one attached hydrogen (secondary N) is 3. The number of carboxylic acid groups (broad SMARTS) is 2. The first-order valence-electron chi connectivity index (χ1n) is 16.2. The summed E-state index contributed by atoms with van der Waals surface area (Å²) in [4.78, 5) is 55.8. The average Bonchev–Trinajstić information content (AvgIpc) is 3.00. The molecule has 0 saturated heterocycles. The predicted octanol–water partition coefficient (Wildman–Crippen LogP) is 1.98. The molecule has 0 spiro atoms. The summed E-state index contributed by atoms with van der Waals surface area (Å²) in [6.45, 7) is 3.34. The van der Waals surface area contributed by atoms with E-state index in [9.17, 15) is 29.1 Å². The largest absolute Gasteiger partial charge is 0.481 e. The smallest absolute Gasteiger partial charge is 0.326 e. The average molecular weight is 647 g/mol. The Bertz CT molecular complexity index is 771. The molecule has 0 aliphatic heterocycles. The van der Waals surface area contributed by atoms with Gasteiger partial charge in [0, 0.05) is 25.9 Å². The van der Waals surface area contributed by atoms with Gasteiger partial charge in [-0.3, -0.25) is 19.2 Å². The molecule has 0 aromatic carbocycles. The molecule has 0 rings (SSSR count). The highest BCUT2D eigenvalue weighted by Crippen LogP contribution is 2.12. The Morgan fingerprint density at radius 2 is 1.16 bits per heavy atom. The van der Waals surface area contributed by atoms with Crippen LogP contribution in [0.4, 0.5) is 0 Å². The van der Waals surface area contributed by atoms with Crippen molar-refractivity contribution in [3.63, 3.8) is 0 Å². The fourth-order valence-electron chi connectivity index (χ4n) is 4.23. The summed E-state index contributed by atoms with van der Waals surface area (Å²) in [5, 5.41) is 26.5. The number of carboxylic acids is 2. The number of rotatable bonds is 35. The van der Waals surface area contributed by atoms with Crippen LogP contribution in [0.2, 0.25) is 0 Å². The first-order chi connectivity index (χ1) is 21.9. The highest BCUT2D eigenvalue weighted by molar-refractivity contribution is 5.83. The molecule has 1 radical (unpaired) electrons. The number of aliphatic carboxylic acids is 2. The molecule has 0 aromatic heterocycles. The van der Waals surface area contributed by atoms with Crippen LogP contribution in [0.5, 0.6) is 0 Å². The lowest BCUT2D eigenvalue weighted by atomic mass is 10.0. The molecule has 14 heteroatoms. The standard InChI is InChI=1S/C31H56N3O11/c35-18-21-44-23-22-43-20-17-33-29(37)26-45-25-24-42-19-16-32-15-11-12-27(31(40)41)34-28(36)13-9-7-5-3-1-2-4-6-8-10-14-30(38)39/h27,32H,1-17,19-26H2,(H,33,37)(H,34,36)(H,38,39)(H,40,41)/t27-/m0/s1. The predicted molar refractivity (Wildman–Crippen MR) is 167 cm³/mol. The third-order valence-corrected chi connectivity index (χ3v) is 6.65. The number of unbranched alkanes of at least 4 members (excludes halogenated alkanes) is 9. The van der Waals surface area contributed by atoms with Gasteiger partial charge in [0.1, 0.15) is 19.3 Å².